The number of aromatic nitrogens is 2. The molecule has 4 rings (SSSR count). The smallest absolute Gasteiger partial charge is 0.208 e. The van der Waals surface area contributed by atoms with E-state index in [0.717, 1.165) is 20.8 Å². The third kappa shape index (κ3) is 10.0. The van der Waals surface area contributed by atoms with Gasteiger partial charge in [-0.2, -0.15) is 0 Å². The van der Waals surface area contributed by atoms with E-state index in [1.54, 1.807) is 23.1 Å². The second-order valence-electron chi connectivity index (χ2n) is 2.89. The Morgan fingerprint density at radius 2 is 1.28 bits per heavy atom. The van der Waals surface area contributed by atoms with Crippen LogP contribution in [0.15, 0.2) is 44.5 Å². The average Bonchev–Trinajstić information content (AvgIpc) is 3.43. The van der Waals surface area contributed by atoms with Crippen LogP contribution >= 0.6 is 22.7 Å². The second-order valence-corrected chi connectivity index (χ2v) is 4.59. The molecule has 0 radical (unpaired) electrons. The van der Waals surface area contributed by atoms with Gasteiger partial charge in [0.2, 0.25) is 9.79 Å². The molecule has 0 aliphatic heterocycles. The fourth-order valence-corrected chi connectivity index (χ4v) is 2.48. The fourth-order valence-electron chi connectivity index (χ4n) is 1.21. The Bertz CT molecular complexity index is 533. The van der Waals surface area contributed by atoms with E-state index in [1.807, 2.05) is 72.9 Å². The molecule has 0 spiro atoms. The normalized spacial score (nSPS) is 7.68. The SMILES string of the molecule is C.CC.CC.CC.CC.c1cc2ncsc2o1.c1nc2ccsc2o1. The maximum Gasteiger partial charge on any atom is 0.208 e. The Morgan fingerprint density at radius 1 is 0.720 bits per heavy atom. The highest BCUT2D eigenvalue weighted by molar-refractivity contribution is 7.16. The van der Waals surface area contributed by atoms with Crippen LogP contribution in [0, 0.1) is 0 Å². The highest BCUT2D eigenvalue weighted by Crippen LogP contribution is 2.17. The molecule has 0 saturated heterocycles. The lowest BCUT2D eigenvalue weighted by molar-refractivity contribution is 0.609. The molecule has 0 atom stereocenters. The van der Waals surface area contributed by atoms with Gasteiger partial charge in [0.25, 0.3) is 0 Å². The van der Waals surface area contributed by atoms with Gasteiger partial charge in [-0.25, -0.2) is 9.97 Å². The topological polar surface area (TPSA) is 52.1 Å². The second kappa shape index (κ2) is 20.4. The molecule has 0 aliphatic rings. The maximum absolute atomic E-state index is 5.01. The first-order valence-electron chi connectivity index (χ1n) is 8.47. The van der Waals surface area contributed by atoms with Crippen LogP contribution < -0.4 is 0 Å². The lowest BCUT2D eigenvalue weighted by atomic mass is 10.6. The summed E-state index contributed by atoms with van der Waals surface area (Å²) < 4.78 is 9.98. The molecule has 0 aliphatic carbocycles. The molecule has 4 nitrogen and oxygen atoms in total. The van der Waals surface area contributed by atoms with E-state index in [9.17, 15) is 0 Å². The first-order chi connectivity index (χ1) is 11.9. The number of hydrogen-bond acceptors (Lipinski definition) is 6. The molecule has 0 unspecified atom stereocenters. The fraction of sp³-hybridized carbons (Fsp3) is 0.474. The Kier molecular flexibility index (Phi) is 23.0. The minimum absolute atomic E-state index is 0. The molecule has 0 bridgehead atoms. The van der Waals surface area contributed by atoms with E-state index in [0.29, 0.717) is 0 Å². The third-order valence-corrected chi connectivity index (χ3v) is 3.45. The van der Waals surface area contributed by atoms with Gasteiger partial charge in [-0.1, -0.05) is 74.2 Å². The summed E-state index contributed by atoms with van der Waals surface area (Å²) in [6.45, 7) is 16.0. The molecule has 0 fully saturated rings. The van der Waals surface area contributed by atoms with Crippen LogP contribution in [-0.4, -0.2) is 9.97 Å². The number of thiazole rings is 1. The molecule has 0 saturated carbocycles. The van der Waals surface area contributed by atoms with E-state index < -0.39 is 0 Å². The molecule has 0 N–H and O–H groups in total. The number of thiophene rings is 1. The first-order valence-corrected chi connectivity index (χ1v) is 10.2. The molecular formula is C19H34N2O2S2. The highest BCUT2D eigenvalue weighted by Gasteiger charge is 1.95. The van der Waals surface area contributed by atoms with Crippen LogP contribution in [0.4, 0.5) is 0 Å². The molecule has 144 valence electrons. The van der Waals surface area contributed by atoms with Gasteiger partial charge < -0.3 is 8.83 Å². The molecular weight excluding hydrogens is 352 g/mol. The van der Waals surface area contributed by atoms with Crippen LogP contribution in [0.5, 0.6) is 0 Å². The van der Waals surface area contributed by atoms with Crippen LogP contribution in [0.2, 0.25) is 0 Å². The Hall–Kier alpha value is -1.66. The zero-order valence-electron chi connectivity index (χ0n) is 16.0. The van der Waals surface area contributed by atoms with Gasteiger partial charge in [0, 0.05) is 6.07 Å². The van der Waals surface area contributed by atoms with Crippen molar-refractivity contribution < 1.29 is 8.83 Å². The minimum atomic E-state index is 0. The van der Waals surface area contributed by atoms with Crippen molar-refractivity contribution in [2.45, 2.75) is 62.8 Å². The average molecular weight is 387 g/mol. The van der Waals surface area contributed by atoms with E-state index >= 15 is 0 Å². The Morgan fingerprint density at radius 3 is 1.84 bits per heavy atom. The molecule has 4 aromatic heterocycles. The van der Waals surface area contributed by atoms with Crippen LogP contribution in [-0.2, 0) is 0 Å². The summed E-state index contributed by atoms with van der Waals surface area (Å²) in [5.41, 5.74) is 3.68. The molecule has 6 heteroatoms. The van der Waals surface area contributed by atoms with Crippen molar-refractivity contribution in [3.8, 4) is 0 Å². The minimum Gasteiger partial charge on any atom is -0.452 e. The lowest BCUT2D eigenvalue weighted by Crippen LogP contribution is -1.49. The number of furan rings is 1. The van der Waals surface area contributed by atoms with Gasteiger partial charge in [0.15, 0.2) is 6.39 Å². The van der Waals surface area contributed by atoms with E-state index in [-0.39, 0.29) is 7.43 Å². The summed E-state index contributed by atoms with van der Waals surface area (Å²) in [6.07, 6.45) is 3.11. The monoisotopic (exact) mass is 386 g/mol. The highest BCUT2D eigenvalue weighted by atomic mass is 32.1. The zero-order valence-corrected chi connectivity index (χ0v) is 17.6. The van der Waals surface area contributed by atoms with Crippen molar-refractivity contribution in [2.75, 3.05) is 0 Å². The summed E-state index contributed by atoms with van der Waals surface area (Å²) in [5, 5.41) is 1.96. The van der Waals surface area contributed by atoms with Crippen molar-refractivity contribution in [1.29, 1.82) is 0 Å². The van der Waals surface area contributed by atoms with Crippen LogP contribution in [0.3, 0.4) is 0 Å². The quantitative estimate of drug-likeness (QED) is 0.304. The first kappa shape index (κ1) is 28.2. The number of hydrogen-bond donors (Lipinski definition) is 0. The molecule has 0 amide bonds. The molecule has 0 aromatic carbocycles. The number of nitrogens with zero attached hydrogens (tertiary/aromatic N) is 2. The van der Waals surface area contributed by atoms with Gasteiger partial charge in [-0.15, -0.1) is 11.3 Å². The maximum atomic E-state index is 5.01. The van der Waals surface area contributed by atoms with Gasteiger partial charge >= 0.3 is 0 Å². The Labute approximate surface area is 160 Å². The van der Waals surface area contributed by atoms with Crippen molar-refractivity contribution in [1.82, 2.24) is 9.97 Å². The van der Waals surface area contributed by atoms with Crippen molar-refractivity contribution >= 4 is 43.5 Å². The predicted molar refractivity (Wildman–Crippen MR) is 116 cm³/mol. The summed E-state index contributed by atoms with van der Waals surface area (Å²) in [4.78, 5) is 9.74. The van der Waals surface area contributed by atoms with Crippen molar-refractivity contribution in [3.05, 3.63) is 35.7 Å². The van der Waals surface area contributed by atoms with Gasteiger partial charge in [-0.05, 0) is 11.4 Å². The largest absolute Gasteiger partial charge is 0.452 e. The summed E-state index contributed by atoms with van der Waals surface area (Å²) in [5.74, 6) is 0. The van der Waals surface area contributed by atoms with Crippen molar-refractivity contribution in [2.24, 2.45) is 0 Å². The Balaban J connectivity index is -0.000000271. The van der Waals surface area contributed by atoms with E-state index in [1.165, 1.54) is 17.7 Å². The summed E-state index contributed by atoms with van der Waals surface area (Å²) in [7, 11) is 0. The number of fused-ring (bicyclic) bond motifs is 2. The number of oxazole rings is 1. The summed E-state index contributed by atoms with van der Waals surface area (Å²) >= 11 is 3.08. The van der Waals surface area contributed by atoms with Crippen LogP contribution in [0.25, 0.3) is 20.8 Å². The zero-order chi connectivity index (χ0) is 18.8. The van der Waals surface area contributed by atoms with Gasteiger partial charge in [0.1, 0.15) is 11.0 Å². The lowest BCUT2D eigenvalue weighted by Gasteiger charge is -1.63. The van der Waals surface area contributed by atoms with E-state index in [2.05, 4.69) is 9.97 Å². The van der Waals surface area contributed by atoms with Crippen LogP contribution in [0.1, 0.15) is 62.8 Å². The number of rotatable bonds is 0. The van der Waals surface area contributed by atoms with Crippen molar-refractivity contribution in [3.63, 3.8) is 0 Å². The predicted octanol–water partition coefficient (Wildman–Crippen LogP) is 8.52. The standard InChI is InChI=1S/2C5H3NOS.4C2H6.CH4/c1-2-8-5-4(1)6-3-7-5;1-2-7-5-4(1)6-3-8-5;4*1-2;/h2*1-3H;4*1-2H3;1H4. The van der Waals surface area contributed by atoms with E-state index in [4.69, 9.17) is 8.83 Å². The third-order valence-electron chi connectivity index (χ3n) is 1.92. The molecule has 4 heterocycles. The molecule has 4 aromatic rings. The van der Waals surface area contributed by atoms with Gasteiger partial charge in [-0.3, -0.25) is 0 Å². The molecule has 25 heavy (non-hydrogen) atoms. The summed E-state index contributed by atoms with van der Waals surface area (Å²) in [6, 6.07) is 3.79. The van der Waals surface area contributed by atoms with Gasteiger partial charge in [0.05, 0.1) is 11.8 Å².